The Morgan fingerprint density at radius 3 is 2.66 bits per heavy atom. The minimum atomic E-state index is -0.787. The second-order valence-corrected chi connectivity index (χ2v) is 8.50. The fourth-order valence-corrected chi connectivity index (χ4v) is 3.96. The zero-order chi connectivity index (χ0) is 21.1. The minimum absolute atomic E-state index is 0.0802. The third-order valence-corrected chi connectivity index (χ3v) is 5.73. The third-order valence-electron chi connectivity index (χ3n) is 5.73. The van der Waals surface area contributed by atoms with E-state index in [0.717, 1.165) is 49.6 Å². The van der Waals surface area contributed by atoms with Gasteiger partial charge in [-0.25, -0.2) is 0 Å². The van der Waals surface area contributed by atoms with Gasteiger partial charge < -0.3 is 14.8 Å². The van der Waals surface area contributed by atoms with E-state index in [1.54, 1.807) is 0 Å². The molecule has 1 aromatic carbocycles. The van der Waals surface area contributed by atoms with Gasteiger partial charge in [0.1, 0.15) is 18.0 Å². The predicted molar refractivity (Wildman–Crippen MR) is 120 cm³/mol. The van der Waals surface area contributed by atoms with Crippen molar-refractivity contribution in [2.75, 3.05) is 38.2 Å². The zero-order valence-electron chi connectivity index (χ0n) is 18.8. The molecule has 1 aromatic rings. The molecule has 2 rings (SSSR count). The van der Waals surface area contributed by atoms with Gasteiger partial charge in [-0.1, -0.05) is 33.1 Å². The molecule has 1 amide bonds. The molecule has 0 radical (unpaired) electrons. The fourth-order valence-electron chi connectivity index (χ4n) is 3.96. The summed E-state index contributed by atoms with van der Waals surface area (Å²) in [7, 11) is 0. The fraction of sp³-hybridized carbons (Fsp3) is 0.708. The van der Waals surface area contributed by atoms with Crippen LogP contribution >= 0.6 is 0 Å². The van der Waals surface area contributed by atoms with Crippen LogP contribution in [0.4, 0.5) is 5.69 Å². The predicted octanol–water partition coefficient (Wildman–Crippen LogP) is 5.11. The summed E-state index contributed by atoms with van der Waals surface area (Å²) in [6, 6.07) is 7.64. The van der Waals surface area contributed by atoms with Crippen molar-refractivity contribution in [2.24, 2.45) is 5.92 Å². The van der Waals surface area contributed by atoms with Gasteiger partial charge >= 0.3 is 0 Å². The summed E-state index contributed by atoms with van der Waals surface area (Å²) in [5.41, 5.74) is -0.0152. The minimum Gasteiger partial charge on any atom is -0.492 e. The van der Waals surface area contributed by atoms with Crippen molar-refractivity contribution >= 4 is 11.6 Å². The lowest BCUT2D eigenvalue weighted by Crippen LogP contribution is -2.42. The van der Waals surface area contributed by atoms with Crippen LogP contribution in [0.15, 0.2) is 24.3 Å². The smallest absolute Gasteiger partial charge is 0.256 e. The van der Waals surface area contributed by atoms with E-state index in [0.29, 0.717) is 13.2 Å². The first kappa shape index (κ1) is 23.7. The molecule has 0 unspecified atom stereocenters. The Kier molecular flexibility index (Phi) is 9.95. The lowest BCUT2D eigenvalue weighted by atomic mass is 9.96. The lowest BCUT2D eigenvalue weighted by molar-refractivity contribution is -0.139. The molecular weight excluding hydrogens is 364 g/mol. The molecule has 1 fully saturated rings. The lowest BCUT2D eigenvalue weighted by Gasteiger charge is -2.30. The van der Waals surface area contributed by atoms with Crippen LogP contribution in [0, 0.1) is 5.92 Å². The molecule has 29 heavy (non-hydrogen) atoms. The van der Waals surface area contributed by atoms with Crippen LogP contribution in [0.2, 0.25) is 0 Å². The van der Waals surface area contributed by atoms with Crippen molar-refractivity contribution in [3.63, 3.8) is 0 Å². The van der Waals surface area contributed by atoms with E-state index in [2.05, 4.69) is 24.1 Å². The van der Waals surface area contributed by atoms with Crippen LogP contribution < -0.4 is 10.1 Å². The molecule has 1 N–H and O–H groups in total. The van der Waals surface area contributed by atoms with Crippen LogP contribution in [-0.2, 0) is 9.53 Å². The Bertz CT molecular complexity index is 605. The number of unbranched alkanes of at least 4 members (excludes halogenated alkanes) is 2. The number of amides is 1. The number of carbonyl (C=O) groups is 1. The van der Waals surface area contributed by atoms with E-state index >= 15 is 0 Å². The molecule has 0 aromatic heterocycles. The topological polar surface area (TPSA) is 50.8 Å². The van der Waals surface area contributed by atoms with E-state index in [-0.39, 0.29) is 5.91 Å². The quantitative estimate of drug-likeness (QED) is 0.492. The summed E-state index contributed by atoms with van der Waals surface area (Å²) in [5, 5.41) is 3.01. The van der Waals surface area contributed by atoms with E-state index in [1.165, 1.54) is 25.9 Å². The van der Waals surface area contributed by atoms with Crippen LogP contribution in [-0.4, -0.2) is 49.3 Å². The van der Waals surface area contributed by atoms with Crippen molar-refractivity contribution in [1.82, 2.24) is 4.90 Å². The summed E-state index contributed by atoms with van der Waals surface area (Å²) in [4.78, 5) is 15.3. The molecular formula is C24H40N2O3. The summed E-state index contributed by atoms with van der Waals surface area (Å²) in [5.74, 6) is 1.54. The molecule has 2 atom stereocenters. The van der Waals surface area contributed by atoms with Gasteiger partial charge in [0, 0.05) is 25.4 Å². The number of anilines is 1. The molecule has 1 aliphatic heterocycles. The van der Waals surface area contributed by atoms with Crippen molar-refractivity contribution < 1.29 is 14.3 Å². The van der Waals surface area contributed by atoms with E-state index in [4.69, 9.17) is 9.47 Å². The van der Waals surface area contributed by atoms with Crippen molar-refractivity contribution in [3.8, 4) is 5.75 Å². The number of benzene rings is 1. The summed E-state index contributed by atoms with van der Waals surface area (Å²) in [6.07, 6.45) is 6.58. The first-order valence-electron chi connectivity index (χ1n) is 11.4. The molecule has 1 saturated heterocycles. The third kappa shape index (κ3) is 7.98. The molecule has 0 aliphatic carbocycles. The number of ether oxygens (including phenoxy) is 2. The van der Waals surface area contributed by atoms with Gasteiger partial charge in [-0.05, 0) is 69.8 Å². The summed E-state index contributed by atoms with van der Waals surface area (Å²) >= 11 is 0. The van der Waals surface area contributed by atoms with E-state index < -0.39 is 5.60 Å². The number of nitrogens with zero attached hydrogens (tertiary/aromatic N) is 1. The first-order valence-corrected chi connectivity index (χ1v) is 11.4. The average Bonchev–Trinajstić information content (AvgIpc) is 2.70. The Morgan fingerprint density at radius 1 is 1.24 bits per heavy atom. The summed E-state index contributed by atoms with van der Waals surface area (Å²) < 4.78 is 11.7. The highest BCUT2D eigenvalue weighted by Gasteiger charge is 2.33. The number of carbonyl (C=O) groups excluding carboxylic acids is 1. The van der Waals surface area contributed by atoms with Crippen molar-refractivity contribution in [2.45, 2.75) is 71.8 Å². The number of likely N-dealkylation sites (tertiary alicyclic amines) is 1. The largest absolute Gasteiger partial charge is 0.492 e. The second-order valence-electron chi connectivity index (χ2n) is 8.50. The van der Waals surface area contributed by atoms with E-state index in [1.807, 2.05) is 38.1 Å². The second kappa shape index (κ2) is 12.2. The Labute approximate surface area is 177 Å². The Hall–Kier alpha value is -1.59. The molecule has 5 nitrogen and oxygen atoms in total. The number of rotatable bonds is 12. The van der Waals surface area contributed by atoms with Gasteiger partial charge in [0.2, 0.25) is 0 Å². The molecule has 1 aliphatic rings. The highest BCUT2D eigenvalue weighted by atomic mass is 16.5. The van der Waals surface area contributed by atoms with Gasteiger partial charge in [-0.15, -0.1) is 0 Å². The number of piperidine rings is 1. The van der Waals surface area contributed by atoms with Crippen molar-refractivity contribution in [1.29, 1.82) is 0 Å². The maximum Gasteiger partial charge on any atom is 0.256 e. The SMILES string of the molecule is CCCCC[C@](C)(OCC)C(=O)Nc1ccc(OCCN2CCC[C@@H](C)C2)cc1. The maximum atomic E-state index is 12.8. The summed E-state index contributed by atoms with van der Waals surface area (Å²) in [6.45, 7) is 12.8. The molecule has 0 spiro atoms. The highest BCUT2D eigenvalue weighted by Crippen LogP contribution is 2.23. The van der Waals surface area contributed by atoms with Gasteiger partial charge in [0.25, 0.3) is 5.91 Å². The normalized spacial score (nSPS) is 19.5. The molecule has 0 saturated carbocycles. The first-order chi connectivity index (χ1) is 14.0. The number of hydrogen-bond acceptors (Lipinski definition) is 4. The molecule has 0 bridgehead atoms. The van der Waals surface area contributed by atoms with Gasteiger partial charge in [-0.3, -0.25) is 9.69 Å². The zero-order valence-corrected chi connectivity index (χ0v) is 18.8. The molecule has 164 valence electrons. The van der Waals surface area contributed by atoms with Gasteiger partial charge in [-0.2, -0.15) is 0 Å². The van der Waals surface area contributed by atoms with Crippen LogP contribution in [0.1, 0.15) is 66.2 Å². The average molecular weight is 405 g/mol. The Morgan fingerprint density at radius 2 is 2.00 bits per heavy atom. The Balaban J connectivity index is 1.81. The maximum absolute atomic E-state index is 12.8. The van der Waals surface area contributed by atoms with Crippen LogP contribution in [0.25, 0.3) is 0 Å². The van der Waals surface area contributed by atoms with E-state index in [9.17, 15) is 4.79 Å². The molecule has 1 heterocycles. The van der Waals surface area contributed by atoms with Gasteiger partial charge in [0.05, 0.1) is 0 Å². The van der Waals surface area contributed by atoms with Crippen LogP contribution in [0.5, 0.6) is 5.75 Å². The standard InChI is InChI=1S/C24H40N2O3/c1-5-7-8-15-24(4,29-6-2)23(27)25-21-11-13-22(14-12-21)28-18-17-26-16-9-10-20(3)19-26/h11-14,20H,5-10,15-19H2,1-4H3,(H,25,27)/t20-,24+/m1/s1. The van der Waals surface area contributed by atoms with Crippen LogP contribution in [0.3, 0.4) is 0 Å². The number of hydrogen-bond donors (Lipinski definition) is 1. The van der Waals surface area contributed by atoms with Crippen molar-refractivity contribution in [3.05, 3.63) is 24.3 Å². The monoisotopic (exact) mass is 404 g/mol. The number of nitrogens with one attached hydrogen (secondary N) is 1. The molecule has 5 heteroatoms. The highest BCUT2D eigenvalue weighted by molar-refractivity contribution is 5.97. The van der Waals surface area contributed by atoms with Gasteiger partial charge in [0.15, 0.2) is 0 Å².